The summed E-state index contributed by atoms with van der Waals surface area (Å²) in [5, 5.41) is 2.95. The Balaban J connectivity index is 1.62. The van der Waals surface area contributed by atoms with Gasteiger partial charge in [-0.15, -0.1) is 0 Å². The summed E-state index contributed by atoms with van der Waals surface area (Å²) in [6.45, 7) is 1.93. The molecule has 1 N–H and O–H groups in total. The van der Waals surface area contributed by atoms with Gasteiger partial charge in [-0.3, -0.25) is 4.79 Å². The molecule has 2 aromatic carbocycles. The molecule has 5 nitrogen and oxygen atoms in total. The molecule has 26 heavy (non-hydrogen) atoms. The van der Waals surface area contributed by atoms with Gasteiger partial charge >= 0.3 is 0 Å². The van der Waals surface area contributed by atoms with Crippen LogP contribution in [0.25, 0.3) is 6.08 Å². The summed E-state index contributed by atoms with van der Waals surface area (Å²) in [7, 11) is 0. The van der Waals surface area contributed by atoms with Gasteiger partial charge in [0.2, 0.25) is 5.91 Å². The summed E-state index contributed by atoms with van der Waals surface area (Å²) >= 11 is 0. The Kier molecular flexibility index (Phi) is 5.72. The zero-order chi connectivity index (χ0) is 18.2. The van der Waals surface area contributed by atoms with Crippen molar-refractivity contribution in [2.45, 2.75) is 13.0 Å². The van der Waals surface area contributed by atoms with Crippen molar-refractivity contribution in [3.05, 3.63) is 90.5 Å². The number of rotatable bonds is 6. The van der Waals surface area contributed by atoms with E-state index in [1.54, 1.807) is 18.5 Å². The average molecular weight is 345 g/mol. The maximum Gasteiger partial charge on any atom is 0.244 e. The van der Waals surface area contributed by atoms with E-state index in [1.807, 2.05) is 61.5 Å². The second-order valence-corrected chi connectivity index (χ2v) is 5.72. The lowest BCUT2D eigenvalue weighted by atomic mass is 10.1. The molecule has 0 saturated heterocycles. The summed E-state index contributed by atoms with van der Waals surface area (Å²) in [6.07, 6.45) is 7.97. The van der Waals surface area contributed by atoms with Gasteiger partial charge in [0.05, 0.1) is 18.4 Å². The number of benzene rings is 2. The average Bonchev–Trinajstić information content (AvgIpc) is 2.68. The summed E-state index contributed by atoms with van der Waals surface area (Å²) in [5.41, 5.74) is 1.93. The number of nitrogens with one attached hydrogen (secondary N) is 1. The Morgan fingerprint density at radius 2 is 1.81 bits per heavy atom. The fraction of sp³-hybridized carbons (Fsp3) is 0.0952. The minimum absolute atomic E-state index is 0.149. The van der Waals surface area contributed by atoms with E-state index in [-0.39, 0.29) is 11.9 Å². The fourth-order valence-electron chi connectivity index (χ4n) is 2.40. The molecular formula is C21H19N3O2. The second kappa shape index (κ2) is 8.58. The second-order valence-electron chi connectivity index (χ2n) is 5.72. The highest BCUT2D eigenvalue weighted by Gasteiger charge is 2.09. The van der Waals surface area contributed by atoms with Gasteiger partial charge in [0.15, 0.2) is 5.75 Å². The molecule has 5 heteroatoms. The highest BCUT2D eigenvalue weighted by Crippen LogP contribution is 2.23. The Morgan fingerprint density at radius 1 is 1.04 bits per heavy atom. The van der Waals surface area contributed by atoms with Crippen LogP contribution in [0.2, 0.25) is 0 Å². The topological polar surface area (TPSA) is 64.1 Å². The lowest BCUT2D eigenvalue weighted by Crippen LogP contribution is -2.24. The molecule has 1 unspecified atom stereocenters. The van der Waals surface area contributed by atoms with Crippen molar-refractivity contribution < 1.29 is 9.53 Å². The highest BCUT2D eigenvalue weighted by molar-refractivity contribution is 5.91. The number of hydrogen-bond acceptors (Lipinski definition) is 4. The van der Waals surface area contributed by atoms with Crippen molar-refractivity contribution in [2.75, 3.05) is 0 Å². The number of carbonyl (C=O) groups is 1. The van der Waals surface area contributed by atoms with Gasteiger partial charge in [-0.1, -0.05) is 42.5 Å². The van der Waals surface area contributed by atoms with Gasteiger partial charge in [0.1, 0.15) is 12.1 Å². The minimum atomic E-state index is -0.154. The van der Waals surface area contributed by atoms with E-state index in [1.165, 1.54) is 12.4 Å². The predicted molar refractivity (Wildman–Crippen MR) is 101 cm³/mol. The smallest absolute Gasteiger partial charge is 0.244 e. The highest BCUT2D eigenvalue weighted by atomic mass is 16.5. The van der Waals surface area contributed by atoms with Gasteiger partial charge in [0.25, 0.3) is 0 Å². The maximum absolute atomic E-state index is 12.1. The summed E-state index contributed by atoms with van der Waals surface area (Å²) < 4.78 is 5.73. The van der Waals surface area contributed by atoms with Crippen LogP contribution in [0, 0.1) is 0 Å². The number of nitrogens with zero attached hydrogens (tertiary/aromatic N) is 2. The lowest BCUT2D eigenvalue weighted by Gasteiger charge is -2.14. The zero-order valence-corrected chi connectivity index (χ0v) is 14.4. The van der Waals surface area contributed by atoms with Crippen molar-refractivity contribution in [3.8, 4) is 11.5 Å². The van der Waals surface area contributed by atoms with E-state index < -0.39 is 0 Å². The van der Waals surface area contributed by atoms with E-state index in [0.29, 0.717) is 11.5 Å². The van der Waals surface area contributed by atoms with Crippen LogP contribution < -0.4 is 10.1 Å². The molecule has 3 rings (SSSR count). The third-order valence-electron chi connectivity index (χ3n) is 3.72. The molecule has 1 amide bonds. The largest absolute Gasteiger partial charge is 0.454 e. The first-order valence-corrected chi connectivity index (χ1v) is 8.27. The van der Waals surface area contributed by atoms with Crippen molar-refractivity contribution in [1.29, 1.82) is 0 Å². The van der Waals surface area contributed by atoms with Crippen LogP contribution in [-0.2, 0) is 4.79 Å². The maximum atomic E-state index is 12.1. The SMILES string of the molecule is CC(NC(=O)C=Cc1ccccc1)c1cccc(Oc2cncnc2)c1. The Labute approximate surface area is 152 Å². The Bertz CT molecular complexity index is 880. The van der Waals surface area contributed by atoms with Gasteiger partial charge in [0, 0.05) is 6.08 Å². The number of aromatic nitrogens is 2. The first kappa shape index (κ1) is 17.4. The standard InChI is InChI=1S/C21H19N3O2/c1-16(24-21(25)11-10-17-6-3-2-4-7-17)18-8-5-9-19(12-18)26-20-13-22-15-23-14-20/h2-16H,1H3,(H,24,25). The Morgan fingerprint density at radius 3 is 2.58 bits per heavy atom. The molecule has 0 radical (unpaired) electrons. The van der Waals surface area contributed by atoms with E-state index >= 15 is 0 Å². The van der Waals surface area contributed by atoms with E-state index in [9.17, 15) is 4.79 Å². The van der Waals surface area contributed by atoms with Crippen LogP contribution in [0.1, 0.15) is 24.1 Å². The van der Waals surface area contributed by atoms with E-state index in [4.69, 9.17) is 4.74 Å². The quantitative estimate of drug-likeness (QED) is 0.681. The molecule has 1 aromatic heterocycles. The number of hydrogen-bond donors (Lipinski definition) is 1. The number of ether oxygens (including phenoxy) is 1. The third-order valence-corrected chi connectivity index (χ3v) is 3.72. The molecule has 0 saturated carbocycles. The lowest BCUT2D eigenvalue weighted by molar-refractivity contribution is -0.117. The molecule has 3 aromatic rings. The molecular weight excluding hydrogens is 326 g/mol. The monoisotopic (exact) mass is 345 g/mol. The third kappa shape index (κ3) is 5.01. The van der Waals surface area contributed by atoms with Crippen molar-refractivity contribution in [1.82, 2.24) is 15.3 Å². The summed E-state index contributed by atoms with van der Waals surface area (Å²) in [5.74, 6) is 1.08. The van der Waals surface area contributed by atoms with E-state index in [0.717, 1.165) is 11.1 Å². The molecule has 0 aliphatic carbocycles. The molecule has 130 valence electrons. The first-order chi connectivity index (χ1) is 12.7. The molecule has 0 spiro atoms. The van der Waals surface area contributed by atoms with Gasteiger partial charge < -0.3 is 10.1 Å². The summed E-state index contributed by atoms with van der Waals surface area (Å²) in [4.78, 5) is 20.0. The van der Waals surface area contributed by atoms with Crippen LogP contribution in [0.3, 0.4) is 0 Å². The van der Waals surface area contributed by atoms with Gasteiger partial charge in [-0.05, 0) is 36.3 Å². The molecule has 0 aliphatic rings. The summed E-state index contributed by atoms with van der Waals surface area (Å²) in [6, 6.07) is 17.1. The fourth-order valence-corrected chi connectivity index (χ4v) is 2.40. The predicted octanol–water partition coefficient (Wildman–Crippen LogP) is 4.16. The molecule has 0 aliphatic heterocycles. The van der Waals surface area contributed by atoms with Crippen LogP contribution >= 0.6 is 0 Å². The van der Waals surface area contributed by atoms with Crippen LogP contribution in [0.5, 0.6) is 11.5 Å². The van der Waals surface area contributed by atoms with E-state index in [2.05, 4.69) is 15.3 Å². The van der Waals surface area contributed by atoms with Crippen molar-refractivity contribution in [2.24, 2.45) is 0 Å². The normalized spacial score (nSPS) is 11.9. The molecule has 1 atom stereocenters. The van der Waals surface area contributed by atoms with Crippen LogP contribution in [-0.4, -0.2) is 15.9 Å². The Hall–Kier alpha value is -3.47. The van der Waals surface area contributed by atoms with Gasteiger partial charge in [-0.2, -0.15) is 0 Å². The van der Waals surface area contributed by atoms with Crippen LogP contribution in [0.4, 0.5) is 0 Å². The molecule has 0 fully saturated rings. The van der Waals surface area contributed by atoms with Crippen LogP contribution in [0.15, 0.2) is 79.4 Å². The van der Waals surface area contributed by atoms with Crippen molar-refractivity contribution >= 4 is 12.0 Å². The molecule has 1 heterocycles. The van der Waals surface area contributed by atoms with Gasteiger partial charge in [-0.25, -0.2) is 9.97 Å². The first-order valence-electron chi connectivity index (χ1n) is 8.27. The number of carbonyl (C=O) groups excluding carboxylic acids is 1. The van der Waals surface area contributed by atoms with Crippen molar-refractivity contribution in [3.63, 3.8) is 0 Å². The minimum Gasteiger partial charge on any atom is -0.454 e. The number of amides is 1. The zero-order valence-electron chi connectivity index (χ0n) is 14.4. The molecule has 0 bridgehead atoms.